The van der Waals surface area contributed by atoms with Gasteiger partial charge in [-0.05, 0) is 12.1 Å². The minimum absolute atomic E-state index is 0.223. The topological polar surface area (TPSA) is 35.6 Å². The summed E-state index contributed by atoms with van der Waals surface area (Å²) in [7, 11) is 0. The fourth-order valence-corrected chi connectivity index (χ4v) is 2.34. The summed E-state index contributed by atoms with van der Waals surface area (Å²) in [6.07, 6.45) is 0. The minimum atomic E-state index is 0.223. The first kappa shape index (κ1) is 14.0. The van der Waals surface area contributed by atoms with Crippen LogP contribution in [0.25, 0.3) is 0 Å². The lowest BCUT2D eigenvalue weighted by Crippen LogP contribution is -2.50. The number of rotatable bonds is 5. The molecule has 0 saturated carbocycles. The molecule has 104 valence electrons. The van der Waals surface area contributed by atoms with Crippen molar-refractivity contribution >= 4 is 5.91 Å². The highest BCUT2D eigenvalue weighted by atomic mass is 16.2. The second-order valence-electron chi connectivity index (χ2n) is 4.92. The molecule has 1 N–H and O–H groups in total. The molecule has 0 spiro atoms. The van der Waals surface area contributed by atoms with Gasteiger partial charge in [-0.3, -0.25) is 9.69 Å². The quantitative estimate of drug-likeness (QED) is 0.857. The maximum Gasteiger partial charge on any atom is 0.236 e. The van der Waals surface area contributed by atoms with Gasteiger partial charge >= 0.3 is 0 Å². The van der Waals surface area contributed by atoms with E-state index in [2.05, 4.69) is 34.5 Å². The lowest BCUT2D eigenvalue weighted by Gasteiger charge is -2.34. The van der Waals surface area contributed by atoms with E-state index in [4.69, 9.17) is 0 Å². The molecule has 1 heterocycles. The Morgan fingerprint density at radius 3 is 2.47 bits per heavy atom. The molecule has 4 nitrogen and oxygen atoms in total. The molecule has 0 aliphatic carbocycles. The van der Waals surface area contributed by atoms with Crippen molar-refractivity contribution in [2.24, 2.45) is 0 Å². The number of carbonyl (C=O) groups is 1. The highest BCUT2D eigenvalue weighted by molar-refractivity contribution is 5.78. The average Bonchev–Trinajstić information content (AvgIpc) is 2.46. The molecule has 2 rings (SSSR count). The van der Waals surface area contributed by atoms with Crippen molar-refractivity contribution in [2.45, 2.75) is 13.5 Å². The molecule has 1 aliphatic rings. The van der Waals surface area contributed by atoms with Gasteiger partial charge in [-0.2, -0.15) is 0 Å². The number of amides is 1. The summed E-state index contributed by atoms with van der Waals surface area (Å²) < 4.78 is 0. The Bertz CT molecular complexity index is 386. The number of nitrogens with zero attached hydrogens (tertiary/aromatic N) is 2. The molecule has 0 atom stereocenters. The fourth-order valence-electron chi connectivity index (χ4n) is 2.34. The van der Waals surface area contributed by atoms with Crippen LogP contribution in [-0.4, -0.2) is 55.0 Å². The summed E-state index contributed by atoms with van der Waals surface area (Å²) >= 11 is 0. The SMILES string of the molecule is CCNCC(=O)N1CCN(Cc2ccccc2)CC1. The van der Waals surface area contributed by atoms with E-state index < -0.39 is 0 Å². The molecule has 0 radical (unpaired) electrons. The summed E-state index contributed by atoms with van der Waals surface area (Å²) in [5.74, 6) is 0.223. The number of hydrogen-bond donors (Lipinski definition) is 1. The Morgan fingerprint density at radius 1 is 1.16 bits per heavy atom. The molecule has 19 heavy (non-hydrogen) atoms. The second kappa shape index (κ2) is 7.26. The van der Waals surface area contributed by atoms with Crippen LogP contribution in [0.4, 0.5) is 0 Å². The van der Waals surface area contributed by atoms with Crippen molar-refractivity contribution in [2.75, 3.05) is 39.3 Å². The molecule has 0 aromatic heterocycles. The van der Waals surface area contributed by atoms with Crippen LogP contribution in [0.1, 0.15) is 12.5 Å². The van der Waals surface area contributed by atoms with E-state index in [9.17, 15) is 4.79 Å². The summed E-state index contributed by atoms with van der Waals surface area (Å²) in [5.41, 5.74) is 1.34. The zero-order valence-electron chi connectivity index (χ0n) is 11.6. The van der Waals surface area contributed by atoms with Gasteiger partial charge in [-0.1, -0.05) is 37.3 Å². The molecule has 0 unspecified atom stereocenters. The average molecular weight is 261 g/mol. The number of likely N-dealkylation sites (N-methyl/N-ethyl adjacent to an activating group) is 1. The second-order valence-corrected chi connectivity index (χ2v) is 4.92. The molecule has 1 fully saturated rings. The monoisotopic (exact) mass is 261 g/mol. The van der Waals surface area contributed by atoms with Crippen LogP contribution in [0.15, 0.2) is 30.3 Å². The Labute approximate surface area is 115 Å². The maximum absolute atomic E-state index is 11.9. The van der Waals surface area contributed by atoms with Crippen molar-refractivity contribution in [1.29, 1.82) is 0 Å². The van der Waals surface area contributed by atoms with E-state index in [1.165, 1.54) is 5.56 Å². The lowest BCUT2D eigenvalue weighted by atomic mass is 10.2. The zero-order chi connectivity index (χ0) is 13.5. The first-order valence-corrected chi connectivity index (χ1v) is 7.04. The van der Waals surface area contributed by atoms with E-state index in [0.717, 1.165) is 39.3 Å². The summed E-state index contributed by atoms with van der Waals surface area (Å²) in [6.45, 7) is 7.93. The van der Waals surface area contributed by atoms with Crippen LogP contribution in [0.2, 0.25) is 0 Å². The van der Waals surface area contributed by atoms with Gasteiger partial charge in [-0.15, -0.1) is 0 Å². The van der Waals surface area contributed by atoms with E-state index in [1.54, 1.807) is 0 Å². The molecule has 0 bridgehead atoms. The molecular formula is C15H23N3O. The number of piperazine rings is 1. The van der Waals surface area contributed by atoms with Gasteiger partial charge in [0.2, 0.25) is 5.91 Å². The lowest BCUT2D eigenvalue weighted by molar-refractivity contribution is -0.132. The molecule has 1 saturated heterocycles. The predicted octanol–water partition coefficient (Wildman–Crippen LogP) is 0.940. The molecule has 1 aromatic carbocycles. The van der Waals surface area contributed by atoms with Gasteiger partial charge in [-0.25, -0.2) is 0 Å². The van der Waals surface area contributed by atoms with Gasteiger partial charge in [0.15, 0.2) is 0 Å². The summed E-state index contributed by atoms with van der Waals surface area (Å²) in [5, 5.41) is 3.09. The standard InChI is InChI=1S/C15H23N3O/c1-2-16-12-15(19)18-10-8-17(9-11-18)13-14-6-4-3-5-7-14/h3-7,16H,2,8-13H2,1H3. The van der Waals surface area contributed by atoms with Crippen LogP contribution < -0.4 is 5.32 Å². The Kier molecular flexibility index (Phi) is 5.36. The maximum atomic E-state index is 11.9. The molecule has 1 amide bonds. The van der Waals surface area contributed by atoms with Gasteiger partial charge < -0.3 is 10.2 Å². The predicted molar refractivity (Wildman–Crippen MR) is 76.8 cm³/mol. The van der Waals surface area contributed by atoms with Gasteiger partial charge in [0.1, 0.15) is 0 Å². The van der Waals surface area contributed by atoms with Crippen LogP contribution in [0, 0.1) is 0 Å². The Balaban J connectivity index is 1.75. The van der Waals surface area contributed by atoms with Crippen LogP contribution in [0.5, 0.6) is 0 Å². The molecule has 1 aromatic rings. The number of hydrogen-bond acceptors (Lipinski definition) is 3. The Hall–Kier alpha value is -1.39. The van der Waals surface area contributed by atoms with Crippen molar-refractivity contribution < 1.29 is 4.79 Å². The first-order valence-electron chi connectivity index (χ1n) is 7.04. The third kappa shape index (κ3) is 4.33. The van der Waals surface area contributed by atoms with Crippen molar-refractivity contribution in [3.63, 3.8) is 0 Å². The fraction of sp³-hybridized carbons (Fsp3) is 0.533. The smallest absolute Gasteiger partial charge is 0.236 e. The highest BCUT2D eigenvalue weighted by Gasteiger charge is 2.20. The van der Waals surface area contributed by atoms with Crippen LogP contribution >= 0.6 is 0 Å². The Morgan fingerprint density at radius 2 is 1.84 bits per heavy atom. The van der Waals surface area contributed by atoms with E-state index >= 15 is 0 Å². The molecular weight excluding hydrogens is 238 g/mol. The van der Waals surface area contributed by atoms with Crippen molar-refractivity contribution in [3.05, 3.63) is 35.9 Å². The summed E-state index contributed by atoms with van der Waals surface area (Å²) in [4.78, 5) is 16.2. The van der Waals surface area contributed by atoms with E-state index in [1.807, 2.05) is 17.9 Å². The number of carbonyl (C=O) groups excluding carboxylic acids is 1. The zero-order valence-corrected chi connectivity index (χ0v) is 11.6. The van der Waals surface area contributed by atoms with Crippen LogP contribution in [0.3, 0.4) is 0 Å². The van der Waals surface area contributed by atoms with E-state index in [0.29, 0.717) is 6.54 Å². The first-order chi connectivity index (χ1) is 9.29. The number of benzene rings is 1. The van der Waals surface area contributed by atoms with Gasteiger partial charge in [0.25, 0.3) is 0 Å². The van der Waals surface area contributed by atoms with Crippen molar-refractivity contribution in [3.8, 4) is 0 Å². The highest BCUT2D eigenvalue weighted by Crippen LogP contribution is 2.08. The summed E-state index contributed by atoms with van der Waals surface area (Å²) in [6, 6.07) is 10.5. The normalized spacial score (nSPS) is 16.6. The minimum Gasteiger partial charge on any atom is -0.339 e. The largest absolute Gasteiger partial charge is 0.339 e. The third-order valence-electron chi connectivity index (χ3n) is 3.50. The third-order valence-corrected chi connectivity index (χ3v) is 3.50. The van der Waals surface area contributed by atoms with Crippen LogP contribution in [-0.2, 0) is 11.3 Å². The molecule has 4 heteroatoms. The van der Waals surface area contributed by atoms with Gasteiger partial charge in [0.05, 0.1) is 6.54 Å². The van der Waals surface area contributed by atoms with E-state index in [-0.39, 0.29) is 5.91 Å². The van der Waals surface area contributed by atoms with Gasteiger partial charge in [0, 0.05) is 32.7 Å². The number of nitrogens with one attached hydrogen (secondary N) is 1. The van der Waals surface area contributed by atoms with Crippen molar-refractivity contribution in [1.82, 2.24) is 15.1 Å². The molecule has 1 aliphatic heterocycles.